The van der Waals surface area contributed by atoms with Gasteiger partial charge < -0.3 is 15.5 Å². The number of carbonyl (C=O) groups is 3. The third-order valence-corrected chi connectivity index (χ3v) is 1.89. The maximum absolute atomic E-state index is 10.9. The lowest BCUT2D eigenvalue weighted by Crippen LogP contribution is -2.23. The number of nitro benzene ring substituents is 1. The quantitative estimate of drug-likeness (QED) is 0.399. The van der Waals surface area contributed by atoms with Gasteiger partial charge in [0.2, 0.25) is 0 Å². The minimum absolute atomic E-state index is 0.333. The van der Waals surface area contributed by atoms with Crippen molar-refractivity contribution in [2.45, 2.75) is 0 Å². The highest BCUT2D eigenvalue weighted by Crippen LogP contribution is 2.22. The number of hydrogen-bond acceptors (Lipinski definition) is 5. The molecule has 0 radical (unpaired) electrons. The first kappa shape index (κ1) is 13.1. The Bertz CT molecular complexity index is 552. The van der Waals surface area contributed by atoms with Gasteiger partial charge in [-0.2, -0.15) is 0 Å². The Morgan fingerprint density at radius 3 is 2.28 bits per heavy atom. The van der Waals surface area contributed by atoms with E-state index in [4.69, 9.17) is 10.2 Å². The predicted molar refractivity (Wildman–Crippen MR) is 56.3 cm³/mol. The third-order valence-electron chi connectivity index (χ3n) is 1.89. The summed E-state index contributed by atoms with van der Waals surface area (Å²) in [7, 11) is 0. The van der Waals surface area contributed by atoms with Gasteiger partial charge in [0.15, 0.2) is 0 Å². The summed E-state index contributed by atoms with van der Waals surface area (Å²) >= 11 is 0. The van der Waals surface area contributed by atoms with Gasteiger partial charge in [-0.15, -0.1) is 0 Å². The molecule has 0 fully saturated rings. The third kappa shape index (κ3) is 2.78. The van der Waals surface area contributed by atoms with Crippen LogP contribution in [0.4, 0.5) is 11.4 Å². The molecule has 0 aliphatic rings. The second-order valence-electron chi connectivity index (χ2n) is 3.05. The summed E-state index contributed by atoms with van der Waals surface area (Å²) in [5.74, 6) is -4.77. The zero-order valence-electron chi connectivity index (χ0n) is 8.61. The molecule has 9 nitrogen and oxygen atoms in total. The van der Waals surface area contributed by atoms with E-state index in [0.717, 1.165) is 18.2 Å². The lowest BCUT2D eigenvalue weighted by atomic mass is 10.1. The number of nitrogens with one attached hydrogen (secondary N) is 1. The summed E-state index contributed by atoms with van der Waals surface area (Å²) in [5, 5.41) is 29.4. The fourth-order valence-electron chi connectivity index (χ4n) is 1.11. The van der Waals surface area contributed by atoms with Crippen molar-refractivity contribution in [3.8, 4) is 0 Å². The topological polar surface area (TPSA) is 147 Å². The van der Waals surface area contributed by atoms with Crippen LogP contribution >= 0.6 is 0 Å². The summed E-state index contributed by atoms with van der Waals surface area (Å²) in [6.07, 6.45) is 0. The lowest BCUT2D eigenvalue weighted by molar-refractivity contribution is -0.384. The van der Waals surface area contributed by atoms with Crippen molar-refractivity contribution in [3.05, 3.63) is 33.9 Å². The van der Waals surface area contributed by atoms with Crippen LogP contribution in [-0.4, -0.2) is 33.0 Å². The number of rotatable bonds is 3. The van der Waals surface area contributed by atoms with Crippen LogP contribution in [0, 0.1) is 10.1 Å². The molecule has 3 N–H and O–H groups in total. The van der Waals surface area contributed by atoms with Crippen molar-refractivity contribution < 1.29 is 29.5 Å². The van der Waals surface area contributed by atoms with Crippen LogP contribution in [0.25, 0.3) is 0 Å². The summed E-state index contributed by atoms with van der Waals surface area (Å²) in [4.78, 5) is 41.6. The second-order valence-corrected chi connectivity index (χ2v) is 3.05. The predicted octanol–water partition coefficient (Wildman–Crippen LogP) is 0.316. The van der Waals surface area contributed by atoms with Gasteiger partial charge >= 0.3 is 17.8 Å². The Morgan fingerprint density at radius 2 is 1.83 bits per heavy atom. The maximum atomic E-state index is 10.9. The molecule has 9 heteroatoms. The van der Waals surface area contributed by atoms with Crippen LogP contribution in [0.2, 0.25) is 0 Å². The van der Waals surface area contributed by atoms with Crippen molar-refractivity contribution in [3.63, 3.8) is 0 Å². The zero-order valence-corrected chi connectivity index (χ0v) is 8.61. The van der Waals surface area contributed by atoms with Crippen molar-refractivity contribution in [1.29, 1.82) is 0 Å². The summed E-state index contributed by atoms with van der Waals surface area (Å²) in [6.45, 7) is 0. The molecule has 0 aliphatic heterocycles. The number of benzene rings is 1. The Labute approximate surface area is 98.8 Å². The number of carboxylic acids is 2. The lowest BCUT2D eigenvalue weighted by Gasteiger charge is -2.05. The first-order chi connectivity index (χ1) is 8.32. The van der Waals surface area contributed by atoms with E-state index in [2.05, 4.69) is 0 Å². The molecule has 1 aromatic carbocycles. The van der Waals surface area contributed by atoms with Gasteiger partial charge in [0.05, 0.1) is 16.2 Å². The van der Waals surface area contributed by atoms with Crippen molar-refractivity contribution in [2.24, 2.45) is 0 Å². The normalized spacial score (nSPS) is 9.56. The van der Waals surface area contributed by atoms with Crippen LogP contribution in [0.3, 0.4) is 0 Å². The smallest absolute Gasteiger partial charge is 0.394 e. The number of aliphatic carboxylic acids is 1. The number of carbonyl (C=O) groups excluding carboxylic acids is 1. The van der Waals surface area contributed by atoms with Gasteiger partial charge in [-0.05, 0) is 6.07 Å². The van der Waals surface area contributed by atoms with Crippen LogP contribution in [-0.2, 0) is 9.59 Å². The van der Waals surface area contributed by atoms with Gasteiger partial charge in [0.25, 0.3) is 5.69 Å². The van der Waals surface area contributed by atoms with E-state index >= 15 is 0 Å². The van der Waals surface area contributed by atoms with Crippen molar-refractivity contribution in [2.75, 3.05) is 5.32 Å². The van der Waals surface area contributed by atoms with Crippen LogP contribution in [0.1, 0.15) is 10.4 Å². The number of nitro groups is 1. The molecule has 0 spiro atoms. The molecule has 1 rings (SSSR count). The van der Waals surface area contributed by atoms with E-state index in [9.17, 15) is 24.5 Å². The standard InChI is InChI=1S/C9H6N2O7/c12-7(9(15)16)10-6-2-1-4(11(17)18)3-5(6)8(13)14/h1-3H,(H,10,12)(H,13,14)(H,15,16). The molecule has 1 aromatic rings. The van der Waals surface area contributed by atoms with Crippen LogP contribution < -0.4 is 5.32 Å². The Kier molecular flexibility index (Phi) is 3.57. The summed E-state index contributed by atoms with van der Waals surface area (Å²) in [5.41, 5.74) is -1.39. The Morgan fingerprint density at radius 1 is 1.22 bits per heavy atom. The number of aromatic carboxylic acids is 1. The fraction of sp³-hybridized carbons (Fsp3) is 0. The van der Waals surface area contributed by atoms with Crippen LogP contribution in [0.15, 0.2) is 18.2 Å². The summed E-state index contributed by atoms with van der Waals surface area (Å²) in [6, 6.07) is 2.62. The molecule has 94 valence electrons. The molecule has 0 atom stereocenters. The highest BCUT2D eigenvalue weighted by molar-refractivity contribution is 6.36. The highest BCUT2D eigenvalue weighted by atomic mass is 16.6. The number of amides is 1. The SMILES string of the molecule is O=C(O)C(=O)Nc1ccc([N+](=O)[O-])cc1C(=O)O. The minimum Gasteiger partial charge on any atom is -0.478 e. The number of anilines is 1. The van der Waals surface area contributed by atoms with Gasteiger partial charge in [0, 0.05) is 12.1 Å². The van der Waals surface area contributed by atoms with Gasteiger partial charge in [0.1, 0.15) is 0 Å². The van der Waals surface area contributed by atoms with E-state index in [0.29, 0.717) is 0 Å². The summed E-state index contributed by atoms with van der Waals surface area (Å²) < 4.78 is 0. The highest BCUT2D eigenvalue weighted by Gasteiger charge is 2.19. The molecule has 0 aromatic heterocycles. The van der Waals surface area contributed by atoms with Crippen molar-refractivity contribution >= 4 is 29.2 Å². The number of hydrogen-bond donors (Lipinski definition) is 3. The minimum atomic E-state index is -1.80. The van der Waals surface area contributed by atoms with Crippen molar-refractivity contribution in [1.82, 2.24) is 0 Å². The van der Waals surface area contributed by atoms with E-state index in [-0.39, 0.29) is 5.69 Å². The maximum Gasteiger partial charge on any atom is 0.394 e. The average molecular weight is 254 g/mol. The van der Waals surface area contributed by atoms with E-state index in [1.165, 1.54) is 0 Å². The molecule has 0 bridgehead atoms. The first-order valence-corrected chi connectivity index (χ1v) is 4.39. The van der Waals surface area contributed by atoms with Gasteiger partial charge in [-0.3, -0.25) is 14.9 Å². The number of carboxylic acid groups (broad SMARTS) is 2. The number of nitrogens with zero attached hydrogens (tertiary/aromatic N) is 1. The first-order valence-electron chi connectivity index (χ1n) is 4.39. The van der Waals surface area contributed by atoms with Gasteiger partial charge in [-0.1, -0.05) is 0 Å². The molecule has 0 saturated carbocycles. The molecule has 0 unspecified atom stereocenters. The van der Waals surface area contributed by atoms with Crippen LogP contribution in [0.5, 0.6) is 0 Å². The zero-order chi connectivity index (χ0) is 13.9. The molecule has 0 aliphatic carbocycles. The fourth-order valence-corrected chi connectivity index (χ4v) is 1.11. The van der Waals surface area contributed by atoms with E-state index in [1.807, 2.05) is 5.32 Å². The largest absolute Gasteiger partial charge is 0.478 e. The van der Waals surface area contributed by atoms with Gasteiger partial charge in [-0.25, -0.2) is 9.59 Å². The molecular weight excluding hydrogens is 248 g/mol. The monoisotopic (exact) mass is 254 g/mol. The molecule has 0 heterocycles. The molecule has 18 heavy (non-hydrogen) atoms. The Hall–Kier alpha value is -2.97. The van der Waals surface area contributed by atoms with E-state index in [1.54, 1.807) is 0 Å². The second kappa shape index (κ2) is 4.91. The Balaban J connectivity index is 3.20. The van der Waals surface area contributed by atoms with E-state index < -0.39 is 34.0 Å². The average Bonchev–Trinajstić information content (AvgIpc) is 2.28. The number of non-ortho nitro benzene ring substituents is 1. The molecule has 0 saturated heterocycles. The molecular formula is C9H6N2O7. The molecule has 1 amide bonds.